The molecule has 4 aromatic rings. The molecule has 0 atom stereocenters. The smallest absolute Gasteiger partial charge is 0.222 e. The van der Waals surface area contributed by atoms with Gasteiger partial charge in [0.15, 0.2) is 23.1 Å². The molecule has 162 valence electrons. The van der Waals surface area contributed by atoms with Gasteiger partial charge in [0, 0.05) is 49.0 Å². The molecule has 0 bridgehead atoms. The van der Waals surface area contributed by atoms with Gasteiger partial charge in [0.05, 0.1) is 5.52 Å². The van der Waals surface area contributed by atoms with Crippen LogP contribution in [0.2, 0.25) is 0 Å². The summed E-state index contributed by atoms with van der Waals surface area (Å²) in [5.74, 6) is -3.62. The third-order valence-electron chi connectivity index (χ3n) is 5.32. The number of hydrogen-bond donors (Lipinski definition) is 1. The van der Waals surface area contributed by atoms with Crippen LogP contribution in [0.25, 0.3) is 22.6 Å². The number of benzene rings is 2. The van der Waals surface area contributed by atoms with Crippen molar-refractivity contribution in [2.24, 2.45) is 0 Å². The number of aromatic amines is 1. The summed E-state index contributed by atoms with van der Waals surface area (Å²) < 4.78 is 46.6. The maximum atomic E-state index is 13.7. The second-order valence-electron chi connectivity index (χ2n) is 7.50. The Hall–Kier alpha value is -3.88. The van der Waals surface area contributed by atoms with Crippen LogP contribution >= 0.6 is 0 Å². The molecule has 1 aliphatic heterocycles. The first kappa shape index (κ1) is 20.0. The molecule has 2 aromatic carbocycles. The molecule has 1 fully saturated rings. The molecule has 0 spiro atoms. The summed E-state index contributed by atoms with van der Waals surface area (Å²) in [6.07, 6.45) is 2.89. The molecule has 0 radical (unpaired) electrons. The van der Waals surface area contributed by atoms with Crippen LogP contribution in [-0.4, -0.2) is 32.3 Å². The fourth-order valence-electron chi connectivity index (χ4n) is 3.70. The Balaban J connectivity index is 1.55. The van der Waals surface area contributed by atoms with Crippen molar-refractivity contribution in [3.63, 3.8) is 0 Å². The summed E-state index contributed by atoms with van der Waals surface area (Å²) in [6.45, 7) is 0.900. The standard InChI is InChI=1S/C23H17F3N4O2/c24-16-10-15(11-17(25)21(16)26)32-19-9-13(22-28-18-3-1-7-27-23(18)29-22)5-6-14(19)12-30-8-2-4-20(30)31/h1,3,5-7,9-11H,2,4,8,12H2,(H,27,28,29). The Labute approximate surface area is 180 Å². The van der Waals surface area contributed by atoms with Crippen molar-refractivity contribution in [3.05, 3.63) is 71.7 Å². The van der Waals surface area contributed by atoms with E-state index in [-0.39, 0.29) is 24.0 Å². The molecule has 1 aliphatic rings. The number of carbonyl (C=O) groups is 1. The van der Waals surface area contributed by atoms with Gasteiger partial charge in [-0.3, -0.25) is 4.79 Å². The lowest BCUT2D eigenvalue weighted by Crippen LogP contribution is -2.24. The van der Waals surface area contributed by atoms with Gasteiger partial charge in [0.25, 0.3) is 0 Å². The predicted molar refractivity (Wildman–Crippen MR) is 110 cm³/mol. The number of nitrogens with zero attached hydrogens (tertiary/aromatic N) is 3. The van der Waals surface area contributed by atoms with E-state index in [1.54, 1.807) is 29.3 Å². The van der Waals surface area contributed by atoms with Gasteiger partial charge in [-0.05, 0) is 24.6 Å². The van der Waals surface area contributed by atoms with Gasteiger partial charge in [0.2, 0.25) is 5.91 Å². The summed E-state index contributed by atoms with van der Waals surface area (Å²) in [7, 11) is 0. The Morgan fingerprint density at radius 2 is 1.91 bits per heavy atom. The quantitative estimate of drug-likeness (QED) is 0.447. The van der Waals surface area contributed by atoms with E-state index < -0.39 is 17.5 Å². The van der Waals surface area contributed by atoms with Crippen LogP contribution < -0.4 is 4.74 Å². The van der Waals surface area contributed by atoms with Crippen molar-refractivity contribution >= 4 is 17.1 Å². The summed E-state index contributed by atoms with van der Waals surface area (Å²) >= 11 is 0. The van der Waals surface area contributed by atoms with Crippen molar-refractivity contribution in [2.45, 2.75) is 19.4 Å². The van der Waals surface area contributed by atoms with Gasteiger partial charge in [-0.1, -0.05) is 12.1 Å². The van der Waals surface area contributed by atoms with Crippen molar-refractivity contribution < 1.29 is 22.7 Å². The van der Waals surface area contributed by atoms with Gasteiger partial charge < -0.3 is 14.6 Å². The lowest BCUT2D eigenvalue weighted by molar-refractivity contribution is -0.128. The maximum absolute atomic E-state index is 13.7. The monoisotopic (exact) mass is 438 g/mol. The zero-order valence-corrected chi connectivity index (χ0v) is 16.7. The normalized spacial score (nSPS) is 13.8. The van der Waals surface area contributed by atoms with Gasteiger partial charge >= 0.3 is 0 Å². The average Bonchev–Trinajstić information content (AvgIpc) is 3.39. The molecule has 1 N–H and O–H groups in total. The number of ether oxygens (including phenoxy) is 1. The Bertz CT molecular complexity index is 1280. The number of H-pyrrole nitrogens is 1. The van der Waals surface area contributed by atoms with E-state index in [0.717, 1.165) is 24.1 Å². The SMILES string of the molecule is O=C1CCCN1Cc1ccc(-c2nc3ncccc3[nH]2)cc1Oc1cc(F)c(F)c(F)c1. The number of amides is 1. The van der Waals surface area contributed by atoms with Gasteiger partial charge in [-0.25, -0.2) is 23.1 Å². The van der Waals surface area contributed by atoms with Gasteiger partial charge in [-0.2, -0.15) is 0 Å². The minimum absolute atomic E-state index is 0.0299. The van der Waals surface area contributed by atoms with E-state index in [2.05, 4.69) is 15.0 Å². The Morgan fingerprint density at radius 3 is 2.62 bits per heavy atom. The highest BCUT2D eigenvalue weighted by molar-refractivity contribution is 5.78. The van der Waals surface area contributed by atoms with Crippen LogP contribution in [0.5, 0.6) is 11.5 Å². The molecule has 0 unspecified atom stereocenters. The first-order valence-electron chi connectivity index (χ1n) is 10.0. The van der Waals surface area contributed by atoms with E-state index in [0.29, 0.717) is 35.6 Å². The lowest BCUT2D eigenvalue weighted by atomic mass is 10.1. The second-order valence-corrected chi connectivity index (χ2v) is 7.50. The van der Waals surface area contributed by atoms with E-state index in [1.807, 2.05) is 12.1 Å². The van der Waals surface area contributed by atoms with Crippen molar-refractivity contribution in [3.8, 4) is 22.9 Å². The number of carbonyl (C=O) groups excluding carboxylic acids is 1. The number of fused-ring (bicyclic) bond motifs is 1. The van der Waals surface area contributed by atoms with Crippen molar-refractivity contribution in [2.75, 3.05) is 6.54 Å². The van der Waals surface area contributed by atoms with Crippen LogP contribution in [0.15, 0.2) is 48.7 Å². The number of halogens is 3. The van der Waals surface area contributed by atoms with E-state index in [1.165, 1.54) is 0 Å². The lowest BCUT2D eigenvalue weighted by Gasteiger charge is -2.19. The van der Waals surface area contributed by atoms with Crippen molar-refractivity contribution in [1.29, 1.82) is 0 Å². The Kier molecular flexibility index (Phi) is 5.01. The molecule has 5 rings (SSSR count). The zero-order chi connectivity index (χ0) is 22.2. The Morgan fingerprint density at radius 1 is 1.09 bits per heavy atom. The summed E-state index contributed by atoms with van der Waals surface area (Å²) in [4.78, 5) is 25.6. The third-order valence-corrected chi connectivity index (χ3v) is 5.32. The number of aromatic nitrogens is 3. The molecule has 0 saturated carbocycles. The fraction of sp³-hybridized carbons (Fsp3) is 0.174. The topological polar surface area (TPSA) is 71.1 Å². The molecule has 9 heteroatoms. The minimum Gasteiger partial charge on any atom is -0.457 e. The van der Waals surface area contributed by atoms with Crippen LogP contribution in [0, 0.1) is 17.5 Å². The largest absolute Gasteiger partial charge is 0.457 e. The molecule has 32 heavy (non-hydrogen) atoms. The number of rotatable bonds is 5. The van der Waals surface area contributed by atoms with Gasteiger partial charge in [-0.15, -0.1) is 0 Å². The van der Waals surface area contributed by atoms with E-state index >= 15 is 0 Å². The molecular weight excluding hydrogens is 421 g/mol. The molecular formula is C23H17F3N4O2. The van der Waals surface area contributed by atoms with Crippen LogP contribution in [-0.2, 0) is 11.3 Å². The summed E-state index contributed by atoms with van der Waals surface area (Å²) in [5.41, 5.74) is 2.58. The molecule has 1 amide bonds. The fourth-order valence-corrected chi connectivity index (χ4v) is 3.70. The predicted octanol–water partition coefficient (Wildman–Crippen LogP) is 4.96. The molecule has 3 heterocycles. The average molecular weight is 438 g/mol. The first-order chi connectivity index (χ1) is 15.5. The van der Waals surface area contributed by atoms with Crippen molar-refractivity contribution in [1.82, 2.24) is 19.9 Å². The number of nitrogens with one attached hydrogen (secondary N) is 1. The number of likely N-dealkylation sites (tertiary alicyclic amines) is 1. The third kappa shape index (κ3) is 3.77. The molecule has 0 aliphatic carbocycles. The second kappa shape index (κ2) is 7.99. The number of pyridine rings is 1. The number of hydrogen-bond acceptors (Lipinski definition) is 4. The van der Waals surface area contributed by atoms with Gasteiger partial charge in [0.1, 0.15) is 17.3 Å². The van der Waals surface area contributed by atoms with E-state index in [9.17, 15) is 18.0 Å². The van der Waals surface area contributed by atoms with E-state index in [4.69, 9.17) is 4.74 Å². The minimum atomic E-state index is -1.57. The van der Waals surface area contributed by atoms with Crippen LogP contribution in [0.4, 0.5) is 13.2 Å². The highest BCUT2D eigenvalue weighted by Gasteiger charge is 2.22. The molecule has 6 nitrogen and oxygen atoms in total. The first-order valence-corrected chi connectivity index (χ1v) is 10.0. The number of imidazole rings is 1. The van der Waals surface area contributed by atoms with Crippen LogP contribution in [0.1, 0.15) is 18.4 Å². The van der Waals surface area contributed by atoms with Crippen LogP contribution in [0.3, 0.4) is 0 Å². The highest BCUT2D eigenvalue weighted by atomic mass is 19.2. The molecule has 2 aromatic heterocycles. The summed E-state index contributed by atoms with van der Waals surface area (Å²) in [5, 5.41) is 0. The zero-order valence-electron chi connectivity index (χ0n) is 16.7. The molecule has 1 saturated heterocycles. The maximum Gasteiger partial charge on any atom is 0.222 e. The highest BCUT2D eigenvalue weighted by Crippen LogP contribution is 2.33. The summed E-state index contributed by atoms with van der Waals surface area (Å²) in [6, 6.07) is 10.4.